The molecule has 4 aromatic rings. The predicted octanol–water partition coefficient (Wildman–Crippen LogP) is 6.35. The average molecular weight is 425 g/mol. The van der Waals surface area contributed by atoms with Gasteiger partial charge in [-0.2, -0.15) is 0 Å². The van der Waals surface area contributed by atoms with Gasteiger partial charge < -0.3 is 10.3 Å². The first-order valence-corrected chi connectivity index (χ1v) is 10.3. The van der Waals surface area contributed by atoms with Crippen molar-refractivity contribution in [2.24, 2.45) is 0 Å². The minimum absolute atomic E-state index is 0.209. The number of hydrogen-bond acceptors (Lipinski definition) is 2. The lowest BCUT2D eigenvalue weighted by Crippen LogP contribution is -2.23. The van der Waals surface area contributed by atoms with Gasteiger partial charge in [0.15, 0.2) is 0 Å². The van der Waals surface area contributed by atoms with Crippen LogP contribution in [-0.4, -0.2) is 10.9 Å². The fourth-order valence-electron chi connectivity index (χ4n) is 3.04. The van der Waals surface area contributed by atoms with Crippen molar-refractivity contribution in [2.45, 2.75) is 23.3 Å². The molecule has 0 saturated heterocycles. The maximum atomic E-state index is 13.1. The Hall–Kier alpha value is -2.76. The lowest BCUT2D eigenvalue weighted by molar-refractivity contribution is 0.0944. The lowest BCUT2D eigenvalue weighted by atomic mass is 10.2. The quantitative estimate of drug-likeness (QED) is 0.392. The summed E-state index contributed by atoms with van der Waals surface area (Å²) in [6.45, 7) is 2.33. The third-order valence-corrected chi connectivity index (χ3v) is 5.92. The molecule has 1 heterocycles. The van der Waals surface area contributed by atoms with E-state index in [4.69, 9.17) is 11.6 Å². The van der Waals surface area contributed by atoms with Crippen LogP contribution in [0.4, 0.5) is 4.39 Å². The molecule has 6 heteroatoms. The summed E-state index contributed by atoms with van der Waals surface area (Å²) in [5.74, 6) is -0.507. The predicted molar refractivity (Wildman–Crippen MR) is 116 cm³/mol. The van der Waals surface area contributed by atoms with Crippen LogP contribution in [-0.2, 0) is 6.54 Å². The van der Waals surface area contributed by atoms with E-state index < -0.39 is 0 Å². The monoisotopic (exact) mass is 424 g/mol. The summed E-state index contributed by atoms with van der Waals surface area (Å²) < 4.78 is 13.1. The molecule has 0 saturated carbocycles. The Kier molecular flexibility index (Phi) is 5.60. The smallest absolute Gasteiger partial charge is 0.269 e. The first-order valence-electron chi connectivity index (χ1n) is 9.08. The lowest BCUT2D eigenvalue weighted by Gasteiger charge is -2.07. The molecular formula is C23H18ClFN2OS. The Balaban J connectivity index is 1.65. The number of H-pyrrole nitrogens is 1. The number of amides is 1. The summed E-state index contributed by atoms with van der Waals surface area (Å²) in [6, 6.07) is 19.7. The van der Waals surface area contributed by atoms with Crippen molar-refractivity contribution < 1.29 is 9.18 Å². The average Bonchev–Trinajstić information content (AvgIpc) is 3.06. The molecule has 2 N–H and O–H groups in total. The Morgan fingerprint density at radius 1 is 1.07 bits per heavy atom. The molecule has 0 aliphatic carbocycles. The van der Waals surface area contributed by atoms with E-state index in [1.54, 1.807) is 12.1 Å². The van der Waals surface area contributed by atoms with Gasteiger partial charge >= 0.3 is 0 Å². The van der Waals surface area contributed by atoms with Gasteiger partial charge in [-0.05, 0) is 60.5 Å². The summed E-state index contributed by atoms with van der Waals surface area (Å²) in [7, 11) is 0. The van der Waals surface area contributed by atoms with E-state index in [0.717, 1.165) is 31.8 Å². The SMILES string of the molecule is Cc1ccc2c(Sc3ccc(Cl)cc3)c(C(=O)NCc3ccc(F)cc3)[nH]c2c1. The van der Waals surface area contributed by atoms with Crippen molar-refractivity contribution in [3.8, 4) is 0 Å². The molecule has 1 amide bonds. The number of aryl methyl sites for hydroxylation is 1. The molecule has 3 nitrogen and oxygen atoms in total. The van der Waals surface area contributed by atoms with E-state index in [1.165, 1.54) is 23.9 Å². The Labute approximate surface area is 177 Å². The highest BCUT2D eigenvalue weighted by atomic mass is 35.5. The topological polar surface area (TPSA) is 44.9 Å². The second kappa shape index (κ2) is 8.31. The van der Waals surface area contributed by atoms with Crippen molar-refractivity contribution >= 4 is 40.2 Å². The van der Waals surface area contributed by atoms with Crippen molar-refractivity contribution in [3.05, 3.63) is 94.4 Å². The third kappa shape index (κ3) is 4.47. The highest BCUT2D eigenvalue weighted by molar-refractivity contribution is 7.99. The van der Waals surface area contributed by atoms with Gasteiger partial charge in [-0.1, -0.05) is 47.6 Å². The van der Waals surface area contributed by atoms with Gasteiger partial charge in [-0.15, -0.1) is 0 Å². The number of hydrogen-bond donors (Lipinski definition) is 2. The third-order valence-electron chi connectivity index (χ3n) is 4.53. The van der Waals surface area contributed by atoms with E-state index in [-0.39, 0.29) is 11.7 Å². The number of carbonyl (C=O) groups excluding carboxylic acids is 1. The molecule has 146 valence electrons. The normalized spacial score (nSPS) is 11.0. The number of aromatic amines is 1. The van der Waals surface area contributed by atoms with Crippen LogP contribution in [0, 0.1) is 12.7 Å². The van der Waals surface area contributed by atoms with E-state index >= 15 is 0 Å². The van der Waals surface area contributed by atoms with Crippen LogP contribution < -0.4 is 5.32 Å². The number of rotatable bonds is 5. The van der Waals surface area contributed by atoms with Crippen molar-refractivity contribution in [2.75, 3.05) is 0 Å². The maximum absolute atomic E-state index is 13.1. The summed E-state index contributed by atoms with van der Waals surface area (Å²) in [5, 5.41) is 4.57. The highest BCUT2D eigenvalue weighted by Crippen LogP contribution is 2.37. The van der Waals surface area contributed by atoms with Crippen LogP contribution in [0.3, 0.4) is 0 Å². The Morgan fingerprint density at radius 3 is 2.52 bits per heavy atom. The number of benzene rings is 3. The fraction of sp³-hybridized carbons (Fsp3) is 0.0870. The molecule has 4 rings (SSSR count). The minimum Gasteiger partial charge on any atom is -0.350 e. The molecule has 0 atom stereocenters. The second-order valence-electron chi connectivity index (χ2n) is 6.74. The van der Waals surface area contributed by atoms with Gasteiger partial charge in [0.1, 0.15) is 11.5 Å². The van der Waals surface area contributed by atoms with E-state index in [1.807, 2.05) is 49.4 Å². The number of nitrogens with one attached hydrogen (secondary N) is 2. The molecule has 29 heavy (non-hydrogen) atoms. The Morgan fingerprint density at radius 2 is 1.79 bits per heavy atom. The van der Waals surface area contributed by atoms with Crippen molar-refractivity contribution in [1.29, 1.82) is 0 Å². The van der Waals surface area contributed by atoms with Crippen molar-refractivity contribution in [1.82, 2.24) is 10.3 Å². The standard InChI is InChI=1S/C23H18ClFN2OS/c1-14-2-11-19-20(12-14)27-21(22(19)29-18-9-5-16(24)6-10-18)23(28)26-13-15-3-7-17(25)8-4-15/h2-12,27H,13H2,1H3,(H,26,28). The second-order valence-corrected chi connectivity index (χ2v) is 8.26. The van der Waals surface area contributed by atoms with Crippen LogP contribution in [0.15, 0.2) is 76.5 Å². The van der Waals surface area contributed by atoms with Gasteiger partial charge in [0.2, 0.25) is 0 Å². The first kappa shape index (κ1) is 19.6. The van der Waals surface area contributed by atoms with Crippen LogP contribution in [0.1, 0.15) is 21.6 Å². The zero-order valence-corrected chi connectivity index (χ0v) is 17.2. The van der Waals surface area contributed by atoms with Gasteiger partial charge in [-0.3, -0.25) is 4.79 Å². The van der Waals surface area contributed by atoms with E-state index in [2.05, 4.69) is 10.3 Å². The van der Waals surface area contributed by atoms with Gasteiger partial charge in [0.05, 0.1) is 4.90 Å². The van der Waals surface area contributed by atoms with Crippen LogP contribution in [0.5, 0.6) is 0 Å². The molecule has 0 radical (unpaired) electrons. The van der Waals surface area contributed by atoms with Gasteiger partial charge in [-0.25, -0.2) is 4.39 Å². The zero-order valence-electron chi connectivity index (χ0n) is 15.6. The number of fused-ring (bicyclic) bond motifs is 1. The number of aromatic nitrogens is 1. The maximum Gasteiger partial charge on any atom is 0.269 e. The zero-order chi connectivity index (χ0) is 20.4. The number of halogens is 2. The summed E-state index contributed by atoms with van der Waals surface area (Å²) in [4.78, 5) is 18.1. The molecule has 1 aromatic heterocycles. The largest absolute Gasteiger partial charge is 0.350 e. The van der Waals surface area contributed by atoms with E-state index in [9.17, 15) is 9.18 Å². The highest BCUT2D eigenvalue weighted by Gasteiger charge is 2.19. The summed E-state index contributed by atoms with van der Waals surface area (Å²) >= 11 is 7.51. The van der Waals surface area contributed by atoms with Crippen LogP contribution in [0.2, 0.25) is 5.02 Å². The minimum atomic E-state index is -0.298. The van der Waals surface area contributed by atoms with Crippen molar-refractivity contribution in [3.63, 3.8) is 0 Å². The Bertz CT molecular complexity index is 1170. The number of carbonyl (C=O) groups is 1. The molecule has 0 unspecified atom stereocenters. The summed E-state index contributed by atoms with van der Waals surface area (Å²) in [6.07, 6.45) is 0. The van der Waals surface area contributed by atoms with E-state index in [0.29, 0.717) is 17.3 Å². The molecular weight excluding hydrogens is 407 g/mol. The summed E-state index contributed by atoms with van der Waals surface area (Å²) in [5.41, 5.74) is 3.36. The molecule has 0 aliphatic heterocycles. The van der Waals surface area contributed by atoms with Crippen LogP contribution >= 0.6 is 23.4 Å². The molecule has 0 aliphatic rings. The molecule has 3 aromatic carbocycles. The fourth-order valence-corrected chi connectivity index (χ4v) is 4.21. The molecule has 0 bridgehead atoms. The molecule has 0 fully saturated rings. The first-order chi connectivity index (χ1) is 14.0. The van der Waals surface area contributed by atoms with Crippen LogP contribution in [0.25, 0.3) is 10.9 Å². The molecule has 0 spiro atoms. The van der Waals surface area contributed by atoms with Gasteiger partial charge in [0, 0.05) is 27.4 Å². The van der Waals surface area contributed by atoms with Gasteiger partial charge in [0.25, 0.3) is 5.91 Å².